The van der Waals surface area contributed by atoms with Gasteiger partial charge in [0.05, 0.1) is 6.07 Å². The second kappa shape index (κ2) is 6.85. The molecule has 0 amide bonds. The van der Waals surface area contributed by atoms with Gasteiger partial charge in [-0.2, -0.15) is 5.26 Å². The maximum atomic E-state index is 11.8. The van der Waals surface area contributed by atoms with Crippen LogP contribution in [0.5, 0.6) is 0 Å². The van der Waals surface area contributed by atoms with E-state index in [4.69, 9.17) is 5.26 Å². The van der Waals surface area contributed by atoms with Crippen molar-refractivity contribution in [2.45, 2.75) is 33.1 Å². The van der Waals surface area contributed by atoms with Crippen LogP contribution in [0.25, 0.3) is 0 Å². The normalized spacial score (nSPS) is 12.1. The van der Waals surface area contributed by atoms with Crippen molar-refractivity contribution in [2.75, 3.05) is 0 Å². The molecule has 0 saturated heterocycles. The number of nitriles is 1. The standard InChI is InChI=1S/C15H19NO/c1-12(2)14(11-16)15(17)10-6-9-13-7-4-3-5-8-13/h3-5,7-8,12,14H,6,9-10H2,1-2H3. The molecule has 1 unspecified atom stereocenters. The molecule has 1 rings (SSSR count). The molecular weight excluding hydrogens is 210 g/mol. The number of ketones is 1. The third kappa shape index (κ3) is 4.40. The second-order valence-electron chi connectivity index (χ2n) is 4.66. The minimum Gasteiger partial charge on any atom is -0.298 e. The van der Waals surface area contributed by atoms with Gasteiger partial charge in [0.1, 0.15) is 11.7 Å². The largest absolute Gasteiger partial charge is 0.298 e. The summed E-state index contributed by atoms with van der Waals surface area (Å²) in [5.41, 5.74) is 1.25. The van der Waals surface area contributed by atoms with Crippen LogP contribution in [-0.2, 0) is 11.2 Å². The molecular formula is C15H19NO. The second-order valence-corrected chi connectivity index (χ2v) is 4.66. The third-order valence-electron chi connectivity index (χ3n) is 2.88. The lowest BCUT2D eigenvalue weighted by Gasteiger charge is -2.11. The molecule has 0 bridgehead atoms. The molecule has 0 aliphatic carbocycles. The number of carbonyl (C=O) groups excluding carboxylic acids is 1. The van der Waals surface area contributed by atoms with Gasteiger partial charge in [-0.15, -0.1) is 0 Å². The average molecular weight is 229 g/mol. The van der Waals surface area contributed by atoms with E-state index in [2.05, 4.69) is 18.2 Å². The van der Waals surface area contributed by atoms with Crippen molar-refractivity contribution in [1.82, 2.24) is 0 Å². The van der Waals surface area contributed by atoms with Crippen LogP contribution in [-0.4, -0.2) is 5.78 Å². The highest BCUT2D eigenvalue weighted by Crippen LogP contribution is 2.15. The maximum absolute atomic E-state index is 11.8. The third-order valence-corrected chi connectivity index (χ3v) is 2.88. The minimum absolute atomic E-state index is 0.0819. The Kier molecular flexibility index (Phi) is 5.42. The fourth-order valence-corrected chi connectivity index (χ4v) is 1.86. The zero-order valence-corrected chi connectivity index (χ0v) is 10.5. The van der Waals surface area contributed by atoms with Crippen molar-refractivity contribution in [3.63, 3.8) is 0 Å². The number of aryl methyl sites for hydroxylation is 1. The van der Waals surface area contributed by atoms with Crippen molar-refractivity contribution < 1.29 is 4.79 Å². The van der Waals surface area contributed by atoms with Crippen molar-refractivity contribution >= 4 is 5.78 Å². The molecule has 0 aliphatic heterocycles. The fraction of sp³-hybridized carbons (Fsp3) is 0.467. The van der Waals surface area contributed by atoms with Crippen LogP contribution in [0, 0.1) is 23.2 Å². The van der Waals surface area contributed by atoms with Crippen molar-refractivity contribution in [2.24, 2.45) is 11.8 Å². The summed E-state index contributed by atoms with van der Waals surface area (Å²) in [7, 11) is 0. The van der Waals surface area contributed by atoms with E-state index in [0.717, 1.165) is 12.8 Å². The van der Waals surface area contributed by atoms with Gasteiger partial charge in [0.2, 0.25) is 0 Å². The molecule has 0 heterocycles. The van der Waals surface area contributed by atoms with Crippen molar-refractivity contribution in [3.8, 4) is 6.07 Å². The Morgan fingerprint density at radius 1 is 1.29 bits per heavy atom. The molecule has 0 aliphatic rings. The van der Waals surface area contributed by atoms with Gasteiger partial charge in [0, 0.05) is 6.42 Å². The SMILES string of the molecule is CC(C)C(C#N)C(=O)CCCc1ccccc1. The van der Waals surface area contributed by atoms with Crippen LogP contribution in [0.2, 0.25) is 0 Å². The maximum Gasteiger partial charge on any atom is 0.150 e. The van der Waals surface area contributed by atoms with E-state index >= 15 is 0 Å². The predicted octanol–water partition coefficient (Wildman–Crippen LogP) is 3.37. The smallest absolute Gasteiger partial charge is 0.150 e. The molecule has 0 saturated carbocycles. The average Bonchev–Trinajstić information content (AvgIpc) is 2.30. The lowest BCUT2D eigenvalue weighted by molar-refractivity contribution is -0.122. The van der Waals surface area contributed by atoms with Crippen LogP contribution in [0.15, 0.2) is 30.3 Å². The first-order valence-electron chi connectivity index (χ1n) is 6.11. The fourth-order valence-electron chi connectivity index (χ4n) is 1.86. The van der Waals surface area contributed by atoms with Gasteiger partial charge in [0.15, 0.2) is 0 Å². The molecule has 0 N–H and O–H groups in total. The lowest BCUT2D eigenvalue weighted by atomic mass is 9.90. The predicted molar refractivity (Wildman–Crippen MR) is 68.3 cm³/mol. The summed E-state index contributed by atoms with van der Waals surface area (Å²) < 4.78 is 0. The molecule has 0 fully saturated rings. The van der Waals surface area contributed by atoms with Gasteiger partial charge in [-0.25, -0.2) is 0 Å². The molecule has 0 radical (unpaired) electrons. The number of carbonyl (C=O) groups is 1. The Balaban J connectivity index is 2.37. The molecule has 2 nitrogen and oxygen atoms in total. The first-order chi connectivity index (χ1) is 8.15. The molecule has 1 aromatic carbocycles. The van der Waals surface area contributed by atoms with Crippen LogP contribution < -0.4 is 0 Å². The van der Waals surface area contributed by atoms with Gasteiger partial charge < -0.3 is 0 Å². The summed E-state index contributed by atoms with van der Waals surface area (Å²) in [5, 5.41) is 8.91. The Morgan fingerprint density at radius 2 is 1.94 bits per heavy atom. The lowest BCUT2D eigenvalue weighted by Crippen LogP contribution is -2.18. The van der Waals surface area contributed by atoms with Gasteiger partial charge >= 0.3 is 0 Å². The monoisotopic (exact) mass is 229 g/mol. The van der Waals surface area contributed by atoms with E-state index in [1.54, 1.807) is 0 Å². The van der Waals surface area contributed by atoms with E-state index in [1.165, 1.54) is 5.56 Å². The summed E-state index contributed by atoms with van der Waals surface area (Å²) in [6, 6.07) is 12.2. The summed E-state index contributed by atoms with van der Waals surface area (Å²) >= 11 is 0. The molecule has 2 heteroatoms. The summed E-state index contributed by atoms with van der Waals surface area (Å²) in [6.45, 7) is 3.84. The van der Waals surface area contributed by atoms with Crippen LogP contribution >= 0.6 is 0 Å². The van der Waals surface area contributed by atoms with E-state index in [-0.39, 0.29) is 11.7 Å². The number of hydrogen-bond acceptors (Lipinski definition) is 2. The number of nitrogens with zero attached hydrogens (tertiary/aromatic N) is 1. The Morgan fingerprint density at radius 3 is 2.47 bits per heavy atom. The quantitative estimate of drug-likeness (QED) is 0.750. The minimum atomic E-state index is -0.439. The Hall–Kier alpha value is -1.62. The Labute approximate surface area is 103 Å². The first kappa shape index (κ1) is 13.4. The van der Waals surface area contributed by atoms with E-state index in [1.807, 2.05) is 32.0 Å². The van der Waals surface area contributed by atoms with Crippen molar-refractivity contribution in [3.05, 3.63) is 35.9 Å². The first-order valence-corrected chi connectivity index (χ1v) is 6.11. The van der Waals surface area contributed by atoms with Gasteiger partial charge in [-0.1, -0.05) is 44.2 Å². The van der Waals surface area contributed by atoms with Crippen LogP contribution in [0.1, 0.15) is 32.3 Å². The number of rotatable bonds is 6. The summed E-state index contributed by atoms with van der Waals surface area (Å²) in [6.07, 6.45) is 2.24. The summed E-state index contributed by atoms with van der Waals surface area (Å²) in [4.78, 5) is 11.8. The van der Waals surface area contributed by atoms with Gasteiger partial charge in [0.25, 0.3) is 0 Å². The van der Waals surface area contributed by atoms with Gasteiger partial charge in [-0.3, -0.25) is 4.79 Å². The Bertz CT molecular complexity index is 389. The topological polar surface area (TPSA) is 40.9 Å². The number of Topliss-reactive ketones (excluding diaryl/α,β-unsaturated/α-hetero) is 1. The number of benzene rings is 1. The molecule has 1 aromatic rings. The zero-order valence-electron chi connectivity index (χ0n) is 10.5. The van der Waals surface area contributed by atoms with Crippen molar-refractivity contribution in [1.29, 1.82) is 5.26 Å². The van der Waals surface area contributed by atoms with Crippen LogP contribution in [0.3, 0.4) is 0 Å². The highest BCUT2D eigenvalue weighted by atomic mass is 16.1. The van der Waals surface area contributed by atoms with Gasteiger partial charge in [-0.05, 0) is 24.3 Å². The van der Waals surface area contributed by atoms with E-state index in [9.17, 15) is 4.79 Å². The highest BCUT2D eigenvalue weighted by Gasteiger charge is 2.20. The highest BCUT2D eigenvalue weighted by molar-refractivity contribution is 5.83. The van der Waals surface area contributed by atoms with Crippen LogP contribution in [0.4, 0.5) is 0 Å². The molecule has 0 spiro atoms. The number of hydrogen-bond donors (Lipinski definition) is 0. The van der Waals surface area contributed by atoms with E-state index in [0.29, 0.717) is 6.42 Å². The molecule has 90 valence electrons. The summed E-state index contributed by atoms with van der Waals surface area (Å²) in [5.74, 6) is -0.242. The molecule has 1 atom stereocenters. The molecule has 0 aromatic heterocycles. The zero-order chi connectivity index (χ0) is 12.7. The molecule has 17 heavy (non-hydrogen) atoms. The van der Waals surface area contributed by atoms with E-state index < -0.39 is 5.92 Å².